The second-order valence-electron chi connectivity index (χ2n) is 4.40. The summed E-state index contributed by atoms with van der Waals surface area (Å²) in [4.78, 5) is 18.2. The Morgan fingerprint density at radius 3 is 2.65 bits per heavy atom. The summed E-state index contributed by atoms with van der Waals surface area (Å²) in [6.45, 7) is 0. The molecule has 3 heterocycles. The number of nitrogens with one attached hydrogen (secondary N) is 1. The number of nitrogens with two attached hydrogens (primary N) is 1. The van der Waals surface area contributed by atoms with Crippen LogP contribution in [0, 0.1) is 0 Å². The Morgan fingerprint density at radius 1 is 1.20 bits per heavy atom. The molecule has 0 saturated heterocycles. The number of rotatable bonds is 2. The molecule has 20 heavy (non-hydrogen) atoms. The minimum absolute atomic E-state index is 0.174. The molecule has 3 aromatic rings. The fourth-order valence-electron chi connectivity index (χ4n) is 2.11. The average molecular weight is 267 g/mol. The van der Waals surface area contributed by atoms with E-state index in [2.05, 4.69) is 15.1 Å². The monoisotopic (exact) mass is 267 g/mol. The third kappa shape index (κ3) is 1.97. The number of aromatic nitrogens is 4. The van der Waals surface area contributed by atoms with E-state index in [0.717, 1.165) is 11.1 Å². The van der Waals surface area contributed by atoms with Crippen molar-refractivity contribution in [3.63, 3.8) is 0 Å². The summed E-state index contributed by atoms with van der Waals surface area (Å²) in [5, 5.41) is 4.40. The highest BCUT2D eigenvalue weighted by molar-refractivity contribution is 5.86. The molecule has 0 unspecified atom stereocenters. The first-order valence-electron chi connectivity index (χ1n) is 6.09. The first kappa shape index (κ1) is 12.2. The van der Waals surface area contributed by atoms with Gasteiger partial charge in [0.05, 0.1) is 11.3 Å². The Bertz CT molecular complexity index is 804. The fraction of sp³-hybridized carbons (Fsp3) is 0.0714. The molecule has 0 spiro atoms. The average Bonchev–Trinajstić information content (AvgIpc) is 2.76. The number of aryl methyl sites for hydroxylation is 1. The van der Waals surface area contributed by atoms with Crippen LogP contribution in [0.3, 0.4) is 0 Å². The zero-order valence-electron chi connectivity index (χ0n) is 10.9. The van der Waals surface area contributed by atoms with Gasteiger partial charge in [-0.25, -0.2) is 0 Å². The summed E-state index contributed by atoms with van der Waals surface area (Å²) in [6, 6.07) is 8.67. The van der Waals surface area contributed by atoms with Gasteiger partial charge in [0.2, 0.25) is 5.56 Å². The summed E-state index contributed by atoms with van der Waals surface area (Å²) in [7, 11) is 1.77. The summed E-state index contributed by atoms with van der Waals surface area (Å²) in [5.41, 5.74) is 8.90. The number of nitrogen functional groups attached to an aromatic ring is 1. The smallest absolute Gasteiger partial charge is 0.248 e. The van der Waals surface area contributed by atoms with Crippen LogP contribution in [0.1, 0.15) is 0 Å². The molecule has 0 aliphatic rings. The third-order valence-corrected chi connectivity index (χ3v) is 3.08. The van der Waals surface area contributed by atoms with Gasteiger partial charge in [0.1, 0.15) is 11.5 Å². The molecular formula is C14H13N5O. The topological polar surface area (TPSA) is 89.6 Å². The minimum atomic E-state index is -0.174. The van der Waals surface area contributed by atoms with Crippen molar-refractivity contribution in [1.29, 1.82) is 0 Å². The molecule has 0 aliphatic heterocycles. The number of hydrogen-bond acceptors (Lipinski definition) is 4. The SMILES string of the molecule is Cn1nc(-c2cccc(=O)[nH]2)c(-c2ccncc2)c1N. The van der Waals surface area contributed by atoms with E-state index >= 15 is 0 Å². The second-order valence-corrected chi connectivity index (χ2v) is 4.40. The molecule has 0 radical (unpaired) electrons. The van der Waals surface area contributed by atoms with Crippen LogP contribution < -0.4 is 11.3 Å². The third-order valence-electron chi connectivity index (χ3n) is 3.08. The minimum Gasteiger partial charge on any atom is -0.383 e. The van der Waals surface area contributed by atoms with Crippen LogP contribution in [0.4, 0.5) is 5.82 Å². The van der Waals surface area contributed by atoms with Gasteiger partial charge in [-0.1, -0.05) is 6.07 Å². The zero-order chi connectivity index (χ0) is 14.1. The molecule has 0 fully saturated rings. The largest absolute Gasteiger partial charge is 0.383 e. The van der Waals surface area contributed by atoms with E-state index in [-0.39, 0.29) is 5.56 Å². The van der Waals surface area contributed by atoms with Crippen LogP contribution in [0.5, 0.6) is 0 Å². The Balaban J connectivity index is 2.28. The molecular weight excluding hydrogens is 254 g/mol. The molecule has 0 amide bonds. The molecule has 0 saturated carbocycles. The maximum atomic E-state index is 11.5. The van der Waals surface area contributed by atoms with Gasteiger partial charge in [-0.05, 0) is 23.8 Å². The van der Waals surface area contributed by atoms with E-state index in [1.165, 1.54) is 6.07 Å². The predicted octanol–water partition coefficient (Wildman–Crippen LogP) is 1.42. The second kappa shape index (κ2) is 4.65. The number of hydrogen-bond donors (Lipinski definition) is 2. The van der Waals surface area contributed by atoms with Crippen LogP contribution in [-0.4, -0.2) is 19.7 Å². The van der Waals surface area contributed by atoms with Gasteiger partial charge in [-0.3, -0.25) is 14.5 Å². The summed E-state index contributed by atoms with van der Waals surface area (Å²) in [6.07, 6.45) is 3.39. The molecule has 0 aliphatic carbocycles. The predicted molar refractivity (Wildman–Crippen MR) is 76.9 cm³/mol. The van der Waals surface area contributed by atoms with Gasteiger partial charge >= 0.3 is 0 Å². The van der Waals surface area contributed by atoms with Gasteiger partial charge in [0.25, 0.3) is 0 Å². The summed E-state index contributed by atoms with van der Waals surface area (Å²) < 4.78 is 1.59. The van der Waals surface area contributed by atoms with Gasteiger partial charge < -0.3 is 10.7 Å². The zero-order valence-corrected chi connectivity index (χ0v) is 10.9. The lowest BCUT2D eigenvalue weighted by Crippen LogP contribution is -2.04. The van der Waals surface area contributed by atoms with E-state index in [1.54, 1.807) is 36.3 Å². The van der Waals surface area contributed by atoms with Crippen molar-refractivity contribution in [2.45, 2.75) is 0 Å². The van der Waals surface area contributed by atoms with E-state index in [9.17, 15) is 4.79 Å². The maximum absolute atomic E-state index is 11.5. The Morgan fingerprint density at radius 2 is 1.95 bits per heavy atom. The number of pyridine rings is 2. The molecule has 3 rings (SSSR count). The number of nitrogens with zero attached hydrogens (tertiary/aromatic N) is 3. The Kier molecular flexibility index (Phi) is 2.83. The standard InChI is InChI=1S/C14H13N5O/c1-19-14(15)12(9-5-7-16-8-6-9)13(18-19)10-3-2-4-11(20)17-10/h2-8H,15H2,1H3,(H,17,20). The van der Waals surface area contributed by atoms with Crippen molar-refractivity contribution in [3.8, 4) is 22.5 Å². The lowest BCUT2D eigenvalue weighted by Gasteiger charge is -2.03. The van der Waals surface area contributed by atoms with Gasteiger partial charge in [0, 0.05) is 25.5 Å². The normalized spacial score (nSPS) is 10.7. The Hall–Kier alpha value is -2.89. The molecule has 6 nitrogen and oxygen atoms in total. The lowest BCUT2D eigenvalue weighted by atomic mass is 10.0. The highest BCUT2D eigenvalue weighted by atomic mass is 16.1. The molecule has 3 N–H and O–H groups in total. The molecule has 6 heteroatoms. The van der Waals surface area contributed by atoms with Gasteiger partial charge in [-0.2, -0.15) is 5.10 Å². The van der Waals surface area contributed by atoms with Crippen LogP contribution in [0.2, 0.25) is 0 Å². The highest BCUT2D eigenvalue weighted by Gasteiger charge is 2.17. The van der Waals surface area contributed by atoms with E-state index < -0.39 is 0 Å². The number of anilines is 1. The number of aromatic amines is 1. The summed E-state index contributed by atoms with van der Waals surface area (Å²) in [5.74, 6) is 0.538. The van der Waals surface area contributed by atoms with Crippen LogP contribution in [0.25, 0.3) is 22.5 Å². The van der Waals surface area contributed by atoms with Gasteiger partial charge in [0.15, 0.2) is 0 Å². The number of H-pyrrole nitrogens is 1. The van der Waals surface area contributed by atoms with Crippen LogP contribution in [0.15, 0.2) is 47.5 Å². The van der Waals surface area contributed by atoms with E-state index in [0.29, 0.717) is 17.2 Å². The first-order chi connectivity index (χ1) is 9.66. The first-order valence-corrected chi connectivity index (χ1v) is 6.09. The van der Waals surface area contributed by atoms with Gasteiger partial charge in [-0.15, -0.1) is 0 Å². The van der Waals surface area contributed by atoms with Crippen molar-refractivity contribution in [2.24, 2.45) is 7.05 Å². The van der Waals surface area contributed by atoms with Crippen molar-refractivity contribution in [2.75, 3.05) is 5.73 Å². The van der Waals surface area contributed by atoms with E-state index in [1.807, 2.05) is 12.1 Å². The molecule has 3 aromatic heterocycles. The quantitative estimate of drug-likeness (QED) is 0.734. The fourth-order valence-corrected chi connectivity index (χ4v) is 2.11. The van der Waals surface area contributed by atoms with Crippen LogP contribution in [-0.2, 0) is 7.05 Å². The van der Waals surface area contributed by atoms with Crippen molar-refractivity contribution in [1.82, 2.24) is 19.7 Å². The molecule has 100 valence electrons. The van der Waals surface area contributed by atoms with Crippen molar-refractivity contribution < 1.29 is 0 Å². The highest BCUT2D eigenvalue weighted by Crippen LogP contribution is 2.34. The van der Waals surface area contributed by atoms with Crippen LogP contribution >= 0.6 is 0 Å². The molecule has 0 aromatic carbocycles. The molecule has 0 bridgehead atoms. The Labute approximate surface area is 114 Å². The van der Waals surface area contributed by atoms with E-state index in [4.69, 9.17) is 5.73 Å². The van der Waals surface area contributed by atoms with Crippen molar-refractivity contribution in [3.05, 3.63) is 53.1 Å². The molecule has 0 atom stereocenters. The van der Waals surface area contributed by atoms with Crippen molar-refractivity contribution >= 4 is 5.82 Å². The maximum Gasteiger partial charge on any atom is 0.248 e. The lowest BCUT2D eigenvalue weighted by molar-refractivity contribution is 0.781. The summed E-state index contributed by atoms with van der Waals surface area (Å²) >= 11 is 0.